The van der Waals surface area contributed by atoms with Crippen LogP contribution in [0.5, 0.6) is 0 Å². The normalized spacial score (nSPS) is 20.4. The van der Waals surface area contributed by atoms with Crippen molar-refractivity contribution in [3.63, 3.8) is 0 Å². The molecular formula is C12H15BrF2N2. The van der Waals surface area contributed by atoms with Crippen LogP contribution >= 0.6 is 15.9 Å². The van der Waals surface area contributed by atoms with Crippen molar-refractivity contribution in [2.75, 3.05) is 32.1 Å². The third kappa shape index (κ3) is 2.45. The second kappa shape index (κ2) is 4.90. The number of nitrogens with zero attached hydrogens (tertiary/aromatic N) is 2. The van der Waals surface area contributed by atoms with E-state index in [1.807, 2.05) is 19.0 Å². The van der Waals surface area contributed by atoms with Crippen molar-refractivity contribution in [3.8, 4) is 0 Å². The highest BCUT2D eigenvalue weighted by atomic mass is 79.9. The fourth-order valence-electron chi connectivity index (χ4n) is 2.14. The molecule has 1 fully saturated rings. The Kier molecular flexibility index (Phi) is 3.68. The van der Waals surface area contributed by atoms with Crippen LogP contribution in [0.25, 0.3) is 0 Å². The zero-order valence-corrected chi connectivity index (χ0v) is 11.5. The predicted octanol–water partition coefficient (Wildman–Crippen LogP) is 2.87. The van der Waals surface area contributed by atoms with E-state index in [0.29, 0.717) is 11.7 Å². The standard InChI is InChI=1S/C12H15BrF2N2/c1-16(2)8-5-6-17(7-8)10-4-3-9(13)11(14)12(10)15/h3-4,8H,5-7H2,1-2H3. The van der Waals surface area contributed by atoms with Gasteiger partial charge in [0, 0.05) is 19.1 Å². The maximum absolute atomic E-state index is 13.8. The van der Waals surface area contributed by atoms with Gasteiger partial charge in [-0.05, 0) is 48.6 Å². The van der Waals surface area contributed by atoms with Gasteiger partial charge in [0.15, 0.2) is 11.6 Å². The second-order valence-electron chi connectivity index (χ2n) is 4.55. The lowest BCUT2D eigenvalue weighted by atomic mass is 10.2. The van der Waals surface area contributed by atoms with E-state index in [0.717, 1.165) is 19.5 Å². The summed E-state index contributed by atoms with van der Waals surface area (Å²) in [4.78, 5) is 4.02. The molecule has 1 unspecified atom stereocenters. The average molecular weight is 305 g/mol. The van der Waals surface area contributed by atoms with Crippen molar-refractivity contribution in [3.05, 3.63) is 28.2 Å². The van der Waals surface area contributed by atoms with Crippen LogP contribution in [0.4, 0.5) is 14.5 Å². The molecule has 0 saturated carbocycles. The molecule has 2 nitrogen and oxygen atoms in total. The smallest absolute Gasteiger partial charge is 0.183 e. The number of rotatable bonds is 2. The van der Waals surface area contributed by atoms with Crippen molar-refractivity contribution < 1.29 is 8.78 Å². The summed E-state index contributed by atoms with van der Waals surface area (Å²) in [6.07, 6.45) is 0.976. The van der Waals surface area contributed by atoms with E-state index >= 15 is 0 Å². The Morgan fingerprint density at radius 2 is 2.00 bits per heavy atom. The van der Waals surface area contributed by atoms with Crippen LogP contribution in [0.1, 0.15) is 6.42 Å². The van der Waals surface area contributed by atoms with Gasteiger partial charge in [-0.15, -0.1) is 0 Å². The molecule has 0 aliphatic carbocycles. The van der Waals surface area contributed by atoms with Crippen molar-refractivity contribution >= 4 is 21.6 Å². The van der Waals surface area contributed by atoms with Gasteiger partial charge in [0.05, 0.1) is 10.2 Å². The minimum absolute atomic E-state index is 0.169. The quantitative estimate of drug-likeness (QED) is 0.775. The molecule has 5 heteroatoms. The predicted molar refractivity (Wildman–Crippen MR) is 68.4 cm³/mol. The SMILES string of the molecule is CN(C)C1CCN(c2ccc(Br)c(F)c2F)C1. The number of benzene rings is 1. The number of likely N-dealkylation sites (N-methyl/N-ethyl adjacent to an activating group) is 1. The number of hydrogen-bond acceptors (Lipinski definition) is 2. The number of halogens is 3. The van der Waals surface area contributed by atoms with E-state index in [9.17, 15) is 8.78 Å². The van der Waals surface area contributed by atoms with Crippen molar-refractivity contribution in [2.24, 2.45) is 0 Å². The van der Waals surface area contributed by atoms with Crippen LogP contribution < -0.4 is 4.90 Å². The van der Waals surface area contributed by atoms with Gasteiger partial charge in [0.2, 0.25) is 0 Å². The Morgan fingerprint density at radius 1 is 1.29 bits per heavy atom. The highest BCUT2D eigenvalue weighted by Gasteiger charge is 2.27. The summed E-state index contributed by atoms with van der Waals surface area (Å²) in [6.45, 7) is 1.51. The van der Waals surface area contributed by atoms with Crippen LogP contribution in [0, 0.1) is 11.6 Å². The molecule has 1 aromatic carbocycles. The van der Waals surface area contributed by atoms with Gasteiger partial charge in [0.25, 0.3) is 0 Å². The topological polar surface area (TPSA) is 6.48 Å². The summed E-state index contributed by atoms with van der Waals surface area (Å²) in [5.41, 5.74) is 0.357. The maximum Gasteiger partial charge on any atom is 0.183 e. The first kappa shape index (κ1) is 12.8. The van der Waals surface area contributed by atoms with Crippen LogP contribution in [0.3, 0.4) is 0 Å². The summed E-state index contributed by atoms with van der Waals surface area (Å²) in [7, 11) is 4.01. The molecule has 1 atom stereocenters. The largest absolute Gasteiger partial charge is 0.367 e. The van der Waals surface area contributed by atoms with E-state index in [1.165, 1.54) is 0 Å². The van der Waals surface area contributed by atoms with Gasteiger partial charge < -0.3 is 9.80 Å². The molecular weight excluding hydrogens is 290 g/mol. The molecule has 1 heterocycles. The monoisotopic (exact) mass is 304 g/mol. The van der Waals surface area contributed by atoms with Gasteiger partial charge >= 0.3 is 0 Å². The summed E-state index contributed by atoms with van der Waals surface area (Å²) < 4.78 is 27.4. The maximum atomic E-state index is 13.8. The van der Waals surface area contributed by atoms with Crippen LogP contribution in [0.15, 0.2) is 16.6 Å². The van der Waals surface area contributed by atoms with Gasteiger partial charge in [0.1, 0.15) is 0 Å². The fourth-order valence-corrected chi connectivity index (χ4v) is 2.45. The third-order valence-corrected chi connectivity index (χ3v) is 3.86. The third-order valence-electron chi connectivity index (χ3n) is 3.25. The summed E-state index contributed by atoms with van der Waals surface area (Å²) >= 11 is 2.98. The molecule has 0 radical (unpaired) electrons. The van der Waals surface area contributed by atoms with Crippen molar-refractivity contribution in [1.82, 2.24) is 4.90 Å². The molecule has 1 aliphatic rings. The number of hydrogen-bond donors (Lipinski definition) is 0. The Hall–Kier alpha value is -0.680. The zero-order chi connectivity index (χ0) is 12.6. The Bertz CT molecular complexity index is 423. The van der Waals surface area contributed by atoms with E-state index < -0.39 is 11.6 Å². The molecule has 0 bridgehead atoms. The van der Waals surface area contributed by atoms with Crippen molar-refractivity contribution in [1.29, 1.82) is 0 Å². The molecule has 0 amide bonds. The Morgan fingerprint density at radius 3 is 2.59 bits per heavy atom. The molecule has 0 aromatic heterocycles. The fraction of sp³-hybridized carbons (Fsp3) is 0.500. The number of anilines is 1. The molecule has 17 heavy (non-hydrogen) atoms. The van der Waals surface area contributed by atoms with Crippen LogP contribution in [0.2, 0.25) is 0 Å². The van der Waals surface area contributed by atoms with Gasteiger partial charge in [-0.25, -0.2) is 8.78 Å². The summed E-state index contributed by atoms with van der Waals surface area (Å²) in [6, 6.07) is 3.58. The minimum Gasteiger partial charge on any atom is -0.367 e. The Labute approximate surface area is 108 Å². The highest BCUT2D eigenvalue weighted by Crippen LogP contribution is 2.29. The first-order chi connectivity index (χ1) is 8.00. The van der Waals surface area contributed by atoms with E-state index in [4.69, 9.17) is 0 Å². The molecule has 0 spiro atoms. The van der Waals surface area contributed by atoms with E-state index in [1.54, 1.807) is 12.1 Å². The van der Waals surface area contributed by atoms with Gasteiger partial charge in [-0.3, -0.25) is 0 Å². The first-order valence-corrected chi connectivity index (χ1v) is 6.35. The van der Waals surface area contributed by atoms with Crippen LogP contribution in [-0.4, -0.2) is 38.1 Å². The lowest BCUT2D eigenvalue weighted by Gasteiger charge is -2.22. The molecule has 1 aliphatic heterocycles. The molecule has 2 rings (SSSR count). The lowest BCUT2D eigenvalue weighted by molar-refractivity contribution is 0.315. The average Bonchev–Trinajstić information content (AvgIpc) is 2.75. The highest BCUT2D eigenvalue weighted by molar-refractivity contribution is 9.10. The minimum atomic E-state index is -0.809. The lowest BCUT2D eigenvalue weighted by Crippen LogP contribution is -2.31. The molecule has 1 saturated heterocycles. The molecule has 0 N–H and O–H groups in total. The second-order valence-corrected chi connectivity index (χ2v) is 5.40. The zero-order valence-electron chi connectivity index (χ0n) is 9.88. The molecule has 1 aromatic rings. The summed E-state index contributed by atoms with van der Waals surface area (Å²) in [5, 5.41) is 0. The Balaban J connectivity index is 2.22. The van der Waals surface area contributed by atoms with E-state index in [-0.39, 0.29) is 4.47 Å². The van der Waals surface area contributed by atoms with E-state index in [2.05, 4.69) is 20.8 Å². The van der Waals surface area contributed by atoms with Gasteiger partial charge in [-0.2, -0.15) is 0 Å². The summed E-state index contributed by atoms with van der Waals surface area (Å²) in [5.74, 6) is -1.57. The van der Waals surface area contributed by atoms with Crippen molar-refractivity contribution in [2.45, 2.75) is 12.5 Å². The first-order valence-electron chi connectivity index (χ1n) is 5.55. The van der Waals surface area contributed by atoms with Crippen LogP contribution in [-0.2, 0) is 0 Å². The van der Waals surface area contributed by atoms with Gasteiger partial charge in [-0.1, -0.05) is 0 Å². The molecule has 94 valence electrons.